The van der Waals surface area contributed by atoms with Gasteiger partial charge in [0.1, 0.15) is 0 Å². The van der Waals surface area contributed by atoms with Crippen LogP contribution < -0.4 is 6.15 Å². The zero-order valence-corrected chi connectivity index (χ0v) is 5.63. The standard InChI is InChI=1S/C6H10O2.H3N/c1-3-5(2)4-6(7)8;/h3,5H,1,4H2,2H3,(H,7,8);1H3/t5-;/m1./s1. The Kier molecular flexibility index (Phi) is 6.51. The molecule has 0 spiro atoms. The predicted molar refractivity (Wildman–Crippen MR) is 36.6 cm³/mol. The maximum absolute atomic E-state index is 9.92. The molecule has 54 valence electrons. The SMILES string of the molecule is C=C[C@@H](C)CC(=O)O.N. The molecular formula is C6H13NO2. The van der Waals surface area contributed by atoms with Gasteiger partial charge in [-0.1, -0.05) is 13.0 Å². The third-order valence-corrected chi connectivity index (χ3v) is 0.899. The van der Waals surface area contributed by atoms with Crippen LogP contribution in [0.25, 0.3) is 0 Å². The van der Waals surface area contributed by atoms with Crippen LogP contribution in [-0.2, 0) is 4.79 Å². The largest absolute Gasteiger partial charge is 0.481 e. The van der Waals surface area contributed by atoms with Crippen molar-refractivity contribution in [2.24, 2.45) is 5.92 Å². The summed E-state index contributed by atoms with van der Waals surface area (Å²) in [4.78, 5) is 9.92. The maximum atomic E-state index is 9.92. The molecule has 0 unspecified atom stereocenters. The number of aliphatic carboxylic acids is 1. The Hall–Kier alpha value is -0.830. The Balaban J connectivity index is 0. The van der Waals surface area contributed by atoms with Gasteiger partial charge in [0.15, 0.2) is 0 Å². The third-order valence-electron chi connectivity index (χ3n) is 0.899. The Morgan fingerprint density at radius 3 is 2.44 bits per heavy atom. The number of carbonyl (C=O) groups is 1. The van der Waals surface area contributed by atoms with Crippen molar-refractivity contribution < 1.29 is 9.90 Å². The molecule has 0 fully saturated rings. The van der Waals surface area contributed by atoms with Crippen LogP contribution in [0.3, 0.4) is 0 Å². The molecule has 0 aromatic rings. The van der Waals surface area contributed by atoms with Crippen molar-refractivity contribution in [2.75, 3.05) is 0 Å². The molecule has 9 heavy (non-hydrogen) atoms. The fourth-order valence-electron chi connectivity index (χ4n) is 0.359. The molecule has 0 saturated carbocycles. The molecule has 0 rings (SSSR count). The Morgan fingerprint density at radius 2 is 2.33 bits per heavy atom. The van der Waals surface area contributed by atoms with E-state index in [-0.39, 0.29) is 18.5 Å². The summed E-state index contributed by atoms with van der Waals surface area (Å²) >= 11 is 0. The zero-order valence-electron chi connectivity index (χ0n) is 5.63. The van der Waals surface area contributed by atoms with E-state index in [2.05, 4.69) is 6.58 Å². The summed E-state index contributed by atoms with van der Waals surface area (Å²) in [7, 11) is 0. The second-order valence-corrected chi connectivity index (χ2v) is 1.81. The van der Waals surface area contributed by atoms with Gasteiger partial charge in [-0.15, -0.1) is 6.58 Å². The van der Waals surface area contributed by atoms with E-state index >= 15 is 0 Å². The smallest absolute Gasteiger partial charge is 0.303 e. The monoisotopic (exact) mass is 131 g/mol. The number of hydrogen-bond donors (Lipinski definition) is 2. The fraction of sp³-hybridized carbons (Fsp3) is 0.500. The number of hydrogen-bond acceptors (Lipinski definition) is 2. The highest BCUT2D eigenvalue weighted by Gasteiger charge is 2.00. The Morgan fingerprint density at radius 1 is 1.89 bits per heavy atom. The number of carboxylic acid groups (broad SMARTS) is 1. The summed E-state index contributed by atoms with van der Waals surface area (Å²) in [5, 5.41) is 8.17. The van der Waals surface area contributed by atoms with Crippen LogP contribution in [0, 0.1) is 5.92 Å². The summed E-state index contributed by atoms with van der Waals surface area (Å²) in [6.07, 6.45) is 1.82. The topological polar surface area (TPSA) is 72.3 Å². The normalized spacial score (nSPS) is 11.2. The summed E-state index contributed by atoms with van der Waals surface area (Å²) in [6.45, 7) is 5.27. The number of allylic oxidation sites excluding steroid dienone is 1. The van der Waals surface area contributed by atoms with E-state index in [1.165, 1.54) is 0 Å². The average molecular weight is 131 g/mol. The molecule has 0 aliphatic carbocycles. The van der Waals surface area contributed by atoms with E-state index in [1.807, 2.05) is 6.92 Å². The van der Waals surface area contributed by atoms with Crippen LogP contribution in [0.2, 0.25) is 0 Å². The first kappa shape index (κ1) is 11.0. The average Bonchev–Trinajstić information content (AvgIpc) is 1.65. The molecule has 0 aliphatic rings. The molecular weight excluding hydrogens is 118 g/mol. The van der Waals surface area contributed by atoms with Crippen LogP contribution in [0.15, 0.2) is 12.7 Å². The van der Waals surface area contributed by atoms with Gasteiger partial charge in [0.2, 0.25) is 0 Å². The molecule has 1 atom stereocenters. The fourth-order valence-corrected chi connectivity index (χ4v) is 0.359. The highest BCUT2D eigenvalue weighted by molar-refractivity contribution is 5.67. The Bertz CT molecular complexity index is 101. The van der Waals surface area contributed by atoms with Gasteiger partial charge < -0.3 is 11.3 Å². The van der Waals surface area contributed by atoms with E-state index in [1.54, 1.807) is 6.08 Å². The van der Waals surface area contributed by atoms with Gasteiger partial charge in [-0.05, 0) is 5.92 Å². The molecule has 3 nitrogen and oxygen atoms in total. The molecule has 0 radical (unpaired) electrons. The summed E-state index contributed by atoms with van der Waals surface area (Å²) in [5.74, 6) is -0.676. The van der Waals surface area contributed by atoms with E-state index in [4.69, 9.17) is 5.11 Å². The van der Waals surface area contributed by atoms with Crippen molar-refractivity contribution in [1.29, 1.82) is 0 Å². The highest BCUT2D eigenvalue weighted by atomic mass is 16.4. The highest BCUT2D eigenvalue weighted by Crippen LogP contribution is 2.00. The molecule has 3 heteroatoms. The molecule has 0 aromatic carbocycles. The van der Waals surface area contributed by atoms with Gasteiger partial charge in [0.05, 0.1) is 6.42 Å². The van der Waals surface area contributed by atoms with Crippen LogP contribution in [0.5, 0.6) is 0 Å². The molecule has 0 bridgehead atoms. The first-order chi connectivity index (χ1) is 3.66. The second kappa shape index (κ2) is 5.31. The second-order valence-electron chi connectivity index (χ2n) is 1.81. The van der Waals surface area contributed by atoms with Crippen molar-refractivity contribution in [3.05, 3.63) is 12.7 Å². The number of rotatable bonds is 3. The van der Waals surface area contributed by atoms with Crippen molar-refractivity contribution in [1.82, 2.24) is 6.15 Å². The summed E-state index contributed by atoms with van der Waals surface area (Å²) in [6, 6.07) is 0. The lowest BCUT2D eigenvalue weighted by molar-refractivity contribution is -0.137. The van der Waals surface area contributed by atoms with E-state index < -0.39 is 5.97 Å². The van der Waals surface area contributed by atoms with Crippen molar-refractivity contribution in [3.63, 3.8) is 0 Å². The van der Waals surface area contributed by atoms with Gasteiger partial charge in [0.25, 0.3) is 0 Å². The quantitative estimate of drug-likeness (QED) is 0.569. The minimum absolute atomic E-state index is 0. The van der Waals surface area contributed by atoms with Crippen molar-refractivity contribution in [2.45, 2.75) is 13.3 Å². The van der Waals surface area contributed by atoms with E-state index in [0.717, 1.165) is 0 Å². The van der Waals surface area contributed by atoms with Crippen LogP contribution in [0.1, 0.15) is 13.3 Å². The van der Waals surface area contributed by atoms with Crippen LogP contribution in [0.4, 0.5) is 0 Å². The van der Waals surface area contributed by atoms with Gasteiger partial charge in [-0.2, -0.15) is 0 Å². The zero-order chi connectivity index (χ0) is 6.57. The maximum Gasteiger partial charge on any atom is 0.303 e. The van der Waals surface area contributed by atoms with Gasteiger partial charge in [-0.25, -0.2) is 0 Å². The van der Waals surface area contributed by atoms with Gasteiger partial charge >= 0.3 is 5.97 Å². The van der Waals surface area contributed by atoms with Gasteiger partial charge in [-0.3, -0.25) is 4.79 Å². The minimum atomic E-state index is -0.766. The van der Waals surface area contributed by atoms with Crippen molar-refractivity contribution in [3.8, 4) is 0 Å². The Labute approximate surface area is 55.0 Å². The van der Waals surface area contributed by atoms with Crippen LogP contribution >= 0.6 is 0 Å². The van der Waals surface area contributed by atoms with Crippen molar-refractivity contribution >= 4 is 5.97 Å². The summed E-state index contributed by atoms with van der Waals surface area (Å²) < 4.78 is 0. The molecule has 0 heterocycles. The molecule has 0 aromatic heterocycles. The molecule has 0 saturated heterocycles. The first-order valence-corrected chi connectivity index (χ1v) is 2.51. The molecule has 0 amide bonds. The lowest BCUT2D eigenvalue weighted by Crippen LogP contribution is -2.00. The lowest BCUT2D eigenvalue weighted by Gasteiger charge is -1.96. The van der Waals surface area contributed by atoms with E-state index in [0.29, 0.717) is 0 Å². The predicted octanol–water partition coefficient (Wildman–Crippen LogP) is 1.45. The van der Waals surface area contributed by atoms with Gasteiger partial charge in [0, 0.05) is 0 Å². The minimum Gasteiger partial charge on any atom is -0.481 e. The molecule has 0 aliphatic heterocycles. The van der Waals surface area contributed by atoms with E-state index in [9.17, 15) is 4.79 Å². The number of carboxylic acids is 1. The van der Waals surface area contributed by atoms with Crippen LogP contribution in [-0.4, -0.2) is 11.1 Å². The first-order valence-electron chi connectivity index (χ1n) is 2.51. The molecule has 4 N–H and O–H groups in total. The third kappa shape index (κ3) is 7.17. The lowest BCUT2D eigenvalue weighted by atomic mass is 10.1. The summed E-state index contributed by atoms with van der Waals surface area (Å²) in [5.41, 5.74) is 0.